The van der Waals surface area contributed by atoms with Crippen LogP contribution in [-0.4, -0.2) is 66.8 Å². The quantitative estimate of drug-likeness (QED) is 0.847. The molecule has 1 N–H and O–H groups in total. The molecule has 1 saturated heterocycles. The van der Waals surface area contributed by atoms with Gasteiger partial charge in [0.25, 0.3) is 0 Å². The van der Waals surface area contributed by atoms with Crippen molar-refractivity contribution >= 4 is 6.09 Å². The fourth-order valence-electron chi connectivity index (χ4n) is 3.34. The van der Waals surface area contributed by atoms with Crippen LogP contribution in [0, 0.1) is 0 Å². The summed E-state index contributed by atoms with van der Waals surface area (Å²) in [5.74, 6) is 0. The number of piperazine rings is 1. The van der Waals surface area contributed by atoms with E-state index in [0.717, 1.165) is 39.0 Å². The molecule has 1 saturated carbocycles. The van der Waals surface area contributed by atoms with Crippen LogP contribution in [0.2, 0.25) is 0 Å². The monoisotopic (exact) mass is 297 g/mol. The molecule has 0 bridgehead atoms. The smallest absolute Gasteiger partial charge is 0.410 e. The number of nitrogens with one attached hydrogen (secondary N) is 1. The molecule has 0 aromatic carbocycles. The second kappa shape index (κ2) is 6.97. The van der Waals surface area contributed by atoms with Crippen LogP contribution in [0.5, 0.6) is 0 Å². The molecule has 0 radical (unpaired) electrons. The van der Waals surface area contributed by atoms with E-state index in [1.54, 1.807) is 4.90 Å². The highest BCUT2D eigenvalue weighted by molar-refractivity contribution is 5.68. The molecule has 5 nitrogen and oxygen atoms in total. The topological polar surface area (TPSA) is 44.8 Å². The van der Waals surface area contributed by atoms with Crippen molar-refractivity contribution in [1.29, 1.82) is 0 Å². The maximum atomic E-state index is 12.1. The highest BCUT2D eigenvalue weighted by Crippen LogP contribution is 2.27. The predicted octanol–water partition coefficient (Wildman–Crippen LogP) is 2.07. The number of ether oxygens (including phenoxy) is 1. The molecule has 0 aromatic heterocycles. The highest BCUT2D eigenvalue weighted by Gasteiger charge is 2.31. The van der Waals surface area contributed by atoms with Crippen LogP contribution in [-0.2, 0) is 4.74 Å². The van der Waals surface area contributed by atoms with E-state index in [9.17, 15) is 4.79 Å². The van der Waals surface area contributed by atoms with Crippen molar-refractivity contribution in [3.8, 4) is 0 Å². The number of carbonyl (C=O) groups is 1. The normalized spacial score (nSPS) is 28.2. The van der Waals surface area contributed by atoms with Gasteiger partial charge in [0.2, 0.25) is 0 Å². The molecule has 0 unspecified atom stereocenters. The van der Waals surface area contributed by atoms with Gasteiger partial charge in [-0.2, -0.15) is 0 Å². The first-order chi connectivity index (χ1) is 9.87. The molecule has 1 aliphatic carbocycles. The van der Waals surface area contributed by atoms with Gasteiger partial charge in [-0.3, -0.25) is 4.90 Å². The van der Waals surface area contributed by atoms with E-state index < -0.39 is 5.60 Å². The number of amides is 1. The Bertz CT molecular complexity index is 340. The molecule has 0 atom stereocenters. The summed E-state index contributed by atoms with van der Waals surface area (Å²) in [6.07, 6.45) is 4.37. The Hall–Kier alpha value is -0.810. The van der Waals surface area contributed by atoms with Gasteiger partial charge in [0, 0.05) is 45.3 Å². The lowest BCUT2D eigenvalue weighted by Gasteiger charge is -2.41. The van der Waals surface area contributed by atoms with E-state index in [1.165, 1.54) is 12.8 Å². The number of hydrogen-bond acceptors (Lipinski definition) is 4. The second-order valence-corrected chi connectivity index (χ2v) is 7.34. The molecule has 1 amide bonds. The van der Waals surface area contributed by atoms with Crippen molar-refractivity contribution in [2.24, 2.45) is 0 Å². The fourth-order valence-corrected chi connectivity index (χ4v) is 3.34. The molecule has 5 heteroatoms. The lowest BCUT2D eigenvalue weighted by molar-refractivity contribution is 0.0146. The lowest BCUT2D eigenvalue weighted by Crippen LogP contribution is -2.51. The highest BCUT2D eigenvalue weighted by atomic mass is 16.6. The van der Waals surface area contributed by atoms with Crippen molar-refractivity contribution in [2.45, 2.75) is 64.1 Å². The van der Waals surface area contributed by atoms with Crippen molar-refractivity contribution < 1.29 is 9.53 Å². The lowest BCUT2D eigenvalue weighted by atomic mass is 9.89. The summed E-state index contributed by atoms with van der Waals surface area (Å²) in [6.45, 7) is 10.3. The molecule has 2 aliphatic rings. The third-order valence-electron chi connectivity index (χ3n) is 4.56. The van der Waals surface area contributed by atoms with Crippen molar-refractivity contribution in [2.75, 3.05) is 33.2 Å². The van der Waals surface area contributed by atoms with Crippen LogP contribution >= 0.6 is 0 Å². The molecule has 1 heterocycles. The number of hydrogen-bond donors (Lipinski definition) is 1. The largest absolute Gasteiger partial charge is 0.444 e. The zero-order chi connectivity index (χ0) is 15.5. The van der Waals surface area contributed by atoms with Gasteiger partial charge in [-0.05, 0) is 46.5 Å². The first-order valence-corrected chi connectivity index (χ1v) is 8.27. The average Bonchev–Trinajstić information content (AvgIpc) is 2.46. The van der Waals surface area contributed by atoms with Crippen LogP contribution in [0.15, 0.2) is 0 Å². The Morgan fingerprint density at radius 2 is 1.71 bits per heavy atom. The third-order valence-corrected chi connectivity index (χ3v) is 4.56. The minimum Gasteiger partial charge on any atom is -0.444 e. The summed E-state index contributed by atoms with van der Waals surface area (Å²) >= 11 is 0. The van der Waals surface area contributed by atoms with Crippen molar-refractivity contribution in [3.63, 3.8) is 0 Å². The zero-order valence-corrected chi connectivity index (χ0v) is 14.0. The Balaban J connectivity index is 1.78. The molecule has 2 fully saturated rings. The second-order valence-electron chi connectivity index (χ2n) is 7.34. The molecule has 21 heavy (non-hydrogen) atoms. The van der Waals surface area contributed by atoms with Gasteiger partial charge >= 0.3 is 6.09 Å². The molecular formula is C16H31N3O2. The summed E-state index contributed by atoms with van der Waals surface area (Å²) in [4.78, 5) is 16.5. The van der Waals surface area contributed by atoms with Gasteiger partial charge in [0.1, 0.15) is 5.60 Å². The van der Waals surface area contributed by atoms with Crippen LogP contribution in [0.3, 0.4) is 0 Å². The van der Waals surface area contributed by atoms with E-state index >= 15 is 0 Å². The maximum absolute atomic E-state index is 12.1. The van der Waals surface area contributed by atoms with Gasteiger partial charge < -0.3 is 15.0 Å². The van der Waals surface area contributed by atoms with E-state index in [0.29, 0.717) is 12.1 Å². The summed E-state index contributed by atoms with van der Waals surface area (Å²) in [7, 11) is 1.88. The summed E-state index contributed by atoms with van der Waals surface area (Å²) in [5.41, 5.74) is -0.413. The Morgan fingerprint density at radius 3 is 2.24 bits per heavy atom. The molecule has 0 aromatic rings. The Labute approximate surface area is 129 Å². The number of carbonyl (C=O) groups excluding carboxylic acids is 1. The van der Waals surface area contributed by atoms with E-state index in [1.807, 2.05) is 27.8 Å². The zero-order valence-electron chi connectivity index (χ0n) is 14.0. The predicted molar refractivity (Wildman–Crippen MR) is 84.5 cm³/mol. The SMILES string of the molecule is CN(C(=O)OC(C)(C)C)C1CCC(N2CCNCC2)CC1. The van der Waals surface area contributed by atoms with E-state index in [-0.39, 0.29) is 6.09 Å². The minimum absolute atomic E-state index is 0.187. The van der Waals surface area contributed by atoms with Crippen LogP contribution in [0.25, 0.3) is 0 Å². The van der Waals surface area contributed by atoms with E-state index in [2.05, 4.69) is 10.2 Å². The number of nitrogens with zero attached hydrogens (tertiary/aromatic N) is 2. The van der Waals surface area contributed by atoms with Crippen molar-refractivity contribution in [1.82, 2.24) is 15.1 Å². The maximum Gasteiger partial charge on any atom is 0.410 e. The first-order valence-electron chi connectivity index (χ1n) is 8.27. The van der Waals surface area contributed by atoms with Crippen LogP contribution < -0.4 is 5.32 Å². The molecule has 1 aliphatic heterocycles. The standard InChI is InChI=1S/C16H31N3O2/c1-16(2,3)21-15(20)18(4)13-5-7-14(8-6-13)19-11-9-17-10-12-19/h13-14,17H,5-12H2,1-4H3. The molecule has 122 valence electrons. The van der Waals surface area contributed by atoms with Gasteiger partial charge in [0.05, 0.1) is 0 Å². The van der Waals surface area contributed by atoms with Crippen LogP contribution in [0.1, 0.15) is 46.5 Å². The van der Waals surface area contributed by atoms with Gasteiger partial charge in [-0.1, -0.05) is 0 Å². The van der Waals surface area contributed by atoms with E-state index in [4.69, 9.17) is 4.74 Å². The van der Waals surface area contributed by atoms with Gasteiger partial charge in [-0.15, -0.1) is 0 Å². The average molecular weight is 297 g/mol. The summed E-state index contributed by atoms with van der Waals surface area (Å²) in [6, 6.07) is 1.04. The first kappa shape index (κ1) is 16.6. The molecular weight excluding hydrogens is 266 g/mol. The Kier molecular flexibility index (Phi) is 5.49. The minimum atomic E-state index is -0.413. The molecule has 0 spiro atoms. The summed E-state index contributed by atoms with van der Waals surface area (Å²) < 4.78 is 5.46. The summed E-state index contributed by atoms with van der Waals surface area (Å²) in [5, 5.41) is 3.41. The van der Waals surface area contributed by atoms with Crippen LogP contribution in [0.4, 0.5) is 4.79 Å². The number of rotatable bonds is 2. The van der Waals surface area contributed by atoms with Gasteiger partial charge in [0.15, 0.2) is 0 Å². The van der Waals surface area contributed by atoms with Gasteiger partial charge in [-0.25, -0.2) is 4.79 Å². The Morgan fingerprint density at radius 1 is 1.14 bits per heavy atom. The molecule has 2 rings (SSSR count). The fraction of sp³-hybridized carbons (Fsp3) is 0.938. The van der Waals surface area contributed by atoms with Crippen molar-refractivity contribution in [3.05, 3.63) is 0 Å². The third kappa shape index (κ3) is 4.85.